The van der Waals surface area contributed by atoms with Gasteiger partial charge < -0.3 is 19.5 Å². The zero-order valence-corrected chi connectivity index (χ0v) is 15.1. The molecule has 0 aliphatic rings. The Morgan fingerprint density at radius 3 is 2.04 bits per heavy atom. The second kappa shape index (κ2) is 9.37. The van der Waals surface area contributed by atoms with Gasteiger partial charge in [-0.25, -0.2) is 14.4 Å². The zero-order chi connectivity index (χ0) is 18.2. The Morgan fingerprint density at radius 2 is 1.61 bits per heavy atom. The molecule has 7 heteroatoms. The van der Waals surface area contributed by atoms with E-state index in [1.165, 1.54) is 6.92 Å². The number of hydrogen-bond donors (Lipinski definition) is 1. The van der Waals surface area contributed by atoms with E-state index in [1.807, 2.05) is 13.8 Å². The molecule has 0 aliphatic heterocycles. The minimum absolute atomic E-state index is 0.139. The fraction of sp³-hybridized carbons (Fsp3) is 0.812. The minimum atomic E-state index is -1.03. The van der Waals surface area contributed by atoms with E-state index in [0.717, 1.165) is 0 Å². The molecule has 0 radical (unpaired) electrons. The molecule has 1 N–H and O–H groups in total. The number of nitrogens with one attached hydrogen (secondary N) is 1. The van der Waals surface area contributed by atoms with E-state index in [2.05, 4.69) is 5.32 Å². The Bertz CT molecular complexity index is 413. The highest BCUT2D eigenvalue weighted by Gasteiger charge is 2.29. The predicted molar refractivity (Wildman–Crippen MR) is 84.8 cm³/mol. The molecule has 0 bridgehead atoms. The lowest BCUT2D eigenvalue weighted by atomic mass is 10.0. The van der Waals surface area contributed by atoms with Crippen LogP contribution in [0, 0.1) is 5.92 Å². The van der Waals surface area contributed by atoms with Gasteiger partial charge in [0.15, 0.2) is 6.10 Å². The molecule has 0 aromatic rings. The van der Waals surface area contributed by atoms with Gasteiger partial charge in [0, 0.05) is 0 Å². The first-order valence-electron chi connectivity index (χ1n) is 7.82. The third-order valence-electron chi connectivity index (χ3n) is 2.59. The van der Waals surface area contributed by atoms with Gasteiger partial charge in [-0.05, 0) is 47.0 Å². The first-order chi connectivity index (χ1) is 10.5. The van der Waals surface area contributed by atoms with Crippen molar-refractivity contribution in [3.05, 3.63) is 0 Å². The number of amides is 1. The maximum atomic E-state index is 12.2. The quantitative estimate of drug-likeness (QED) is 0.569. The van der Waals surface area contributed by atoms with Crippen LogP contribution in [0.1, 0.15) is 54.9 Å². The summed E-state index contributed by atoms with van der Waals surface area (Å²) in [7, 11) is 0. The molecule has 1 amide bonds. The van der Waals surface area contributed by atoms with Crippen molar-refractivity contribution in [3.8, 4) is 0 Å². The van der Waals surface area contributed by atoms with Crippen LogP contribution in [0.25, 0.3) is 0 Å². The molecule has 0 fully saturated rings. The summed E-state index contributed by atoms with van der Waals surface area (Å²) in [6.07, 6.45) is -1.37. The molecular formula is C16H29NO6. The average Bonchev–Trinajstić information content (AvgIpc) is 2.35. The summed E-state index contributed by atoms with van der Waals surface area (Å²) in [5, 5.41) is 2.49. The molecule has 0 saturated carbocycles. The summed E-state index contributed by atoms with van der Waals surface area (Å²) in [6.45, 7) is 12.3. The lowest BCUT2D eigenvalue weighted by Crippen LogP contribution is -2.46. The molecule has 7 nitrogen and oxygen atoms in total. The van der Waals surface area contributed by atoms with Crippen molar-refractivity contribution >= 4 is 18.0 Å². The largest absolute Gasteiger partial charge is 0.463 e. The summed E-state index contributed by atoms with van der Waals surface area (Å²) in [5.74, 6) is -1.17. The van der Waals surface area contributed by atoms with E-state index in [0.29, 0.717) is 6.42 Å². The summed E-state index contributed by atoms with van der Waals surface area (Å²) >= 11 is 0. The van der Waals surface area contributed by atoms with Crippen LogP contribution in [0.4, 0.5) is 4.79 Å². The maximum Gasteiger partial charge on any atom is 0.408 e. The van der Waals surface area contributed by atoms with E-state index >= 15 is 0 Å². The predicted octanol–water partition coefficient (Wildman–Crippen LogP) is 2.42. The van der Waals surface area contributed by atoms with Crippen LogP contribution in [0.3, 0.4) is 0 Å². The fourth-order valence-corrected chi connectivity index (χ4v) is 1.70. The van der Waals surface area contributed by atoms with Gasteiger partial charge in [0.1, 0.15) is 11.6 Å². The maximum absolute atomic E-state index is 12.2. The molecule has 23 heavy (non-hydrogen) atoms. The van der Waals surface area contributed by atoms with Gasteiger partial charge in [-0.1, -0.05) is 13.8 Å². The van der Waals surface area contributed by atoms with Crippen LogP contribution in [0.15, 0.2) is 0 Å². The molecule has 134 valence electrons. The highest BCUT2D eigenvalue weighted by molar-refractivity contribution is 5.84. The molecule has 0 rings (SSSR count). The van der Waals surface area contributed by atoms with Gasteiger partial charge in [-0.2, -0.15) is 0 Å². The molecule has 0 aromatic heterocycles. The molecule has 0 spiro atoms. The number of carbonyl (C=O) groups is 3. The normalized spacial score (nSPS) is 13.9. The van der Waals surface area contributed by atoms with Crippen molar-refractivity contribution in [2.75, 3.05) is 6.61 Å². The van der Waals surface area contributed by atoms with Gasteiger partial charge in [-0.15, -0.1) is 0 Å². The Kier molecular flexibility index (Phi) is 8.64. The van der Waals surface area contributed by atoms with Crippen LogP contribution in [-0.4, -0.2) is 42.4 Å². The highest BCUT2D eigenvalue weighted by Crippen LogP contribution is 2.11. The van der Waals surface area contributed by atoms with Crippen LogP contribution < -0.4 is 5.32 Å². The minimum Gasteiger partial charge on any atom is -0.463 e. The number of alkyl carbamates (subject to hydrolysis) is 1. The first-order valence-corrected chi connectivity index (χ1v) is 7.82. The standard InChI is InChI=1S/C16H29NO6/c1-8-21-13(18)11(4)22-14(19)12(9-10(2)3)17-15(20)23-16(5,6)7/h10-12H,8-9H2,1-7H3,(H,17,20)/t11-,12-/m0/s1. The number of ether oxygens (including phenoxy) is 3. The molecular weight excluding hydrogens is 302 g/mol. The van der Waals surface area contributed by atoms with Crippen molar-refractivity contribution in [2.45, 2.75) is 72.6 Å². The Labute approximate surface area is 138 Å². The fourth-order valence-electron chi connectivity index (χ4n) is 1.70. The SMILES string of the molecule is CCOC(=O)[C@H](C)OC(=O)[C@H](CC(C)C)NC(=O)OC(C)(C)C. The van der Waals surface area contributed by atoms with Crippen molar-refractivity contribution in [3.63, 3.8) is 0 Å². The van der Waals surface area contributed by atoms with Crippen molar-refractivity contribution in [1.29, 1.82) is 0 Å². The van der Waals surface area contributed by atoms with Crippen molar-refractivity contribution in [1.82, 2.24) is 5.32 Å². The van der Waals surface area contributed by atoms with Gasteiger partial charge in [-0.3, -0.25) is 0 Å². The van der Waals surface area contributed by atoms with Gasteiger partial charge in [0.2, 0.25) is 0 Å². The topological polar surface area (TPSA) is 90.9 Å². The van der Waals surface area contributed by atoms with Crippen LogP contribution in [-0.2, 0) is 23.8 Å². The summed E-state index contributed by atoms with van der Waals surface area (Å²) in [5.41, 5.74) is -0.672. The van der Waals surface area contributed by atoms with E-state index in [1.54, 1.807) is 27.7 Å². The van der Waals surface area contributed by atoms with Crippen LogP contribution in [0.5, 0.6) is 0 Å². The molecule has 2 atom stereocenters. The number of esters is 2. The lowest BCUT2D eigenvalue weighted by Gasteiger charge is -2.24. The van der Waals surface area contributed by atoms with Gasteiger partial charge >= 0.3 is 18.0 Å². The molecule has 0 aliphatic carbocycles. The molecule has 0 heterocycles. The summed E-state index contributed by atoms with van der Waals surface area (Å²) < 4.78 is 15.0. The van der Waals surface area contributed by atoms with E-state index in [-0.39, 0.29) is 12.5 Å². The Balaban J connectivity index is 4.79. The Morgan fingerprint density at radius 1 is 1.04 bits per heavy atom. The van der Waals surface area contributed by atoms with E-state index < -0.39 is 35.8 Å². The lowest BCUT2D eigenvalue weighted by molar-refractivity contribution is -0.167. The third kappa shape index (κ3) is 9.76. The van der Waals surface area contributed by atoms with E-state index in [4.69, 9.17) is 14.2 Å². The summed E-state index contributed by atoms with van der Waals surface area (Å²) in [6, 6.07) is -0.887. The molecule has 0 aromatic carbocycles. The number of carbonyl (C=O) groups excluding carboxylic acids is 3. The smallest absolute Gasteiger partial charge is 0.408 e. The number of rotatable bonds is 7. The van der Waals surface area contributed by atoms with Crippen LogP contribution >= 0.6 is 0 Å². The average molecular weight is 331 g/mol. The second-order valence-electron chi connectivity index (χ2n) is 6.66. The van der Waals surface area contributed by atoms with E-state index in [9.17, 15) is 14.4 Å². The van der Waals surface area contributed by atoms with Gasteiger partial charge in [0.05, 0.1) is 6.61 Å². The van der Waals surface area contributed by atoms with Crippen LogP contribution in [0.2, 0.25) is 0 Å². The highest BCUT2D eigenvalue weighted by atomic mass is 16.6. The Hall–Kier alpha value is -1.79. The molecule has 0 saturated heterocycles. The third-order valence-corrected chi connectivity index (χ3v) is 2.59. The summed E-state index contributed by atoms with van der Waals surface area (Å²) in [4.78, 5) is 35.6. The second-order valence-corrected chi connectivity index (χ2v) is 6.66. The molecule has 0 unspecified atom stereocenters. The number of hydrogen-bond acceptors (Lipinski definition) is 6. The zero-order valence-electron chi connectivity index (χ0n) is 15.1. The van der Waals surface area contributed by atoms with Gasteiger partial charge in [0.25, 0.3) is 0 Å². The monoisotopic (exact) mass is 331 g/mol. The van der Waals surface area contributed by atoms with Crippen molar-refractivity contribution < 1.29 is 28.6 Å². The first kappa shape index (κ1) is 21.2. The van der Waals surface area contributed by atoms with Crippen molar-refractivity contribution in [2.24, 2.45) is 5.92 Å².